The number of ketones is 1. The number of benzene rings is 1. The van der Waals surface area contributed by atoms with Crippen molar-refractivity contribution < 1.29 is 33.5 Å². The van der Waals surface area contributed by atoms with Crippen molar-refractivity contribution in [1.29, 1.82) is 0 Å². The lowest BCUT2D eigenvalue weighted by molar-refractivity contribution is -0.143. The molecule has 1 aliphatic heterocycles. The Balaban J connectivity index is 0.000000807. The van der Waals surface area contributed by atoms with E-state index in [2.05, 4.69) is 41.7 Å². The molecule has 4 N–H and O–H groups in total. The van der Waals surface area contributed by atoms with Gasteiger partial charge in [0.25, 0.3) is 5.91 Å². The van der Waals surface area contributed by atoms with Crippen LogP contribution in [0.2, 0.25) is 0 Å². The predicted octanol–water partition coefficient (Wildman–Crippen LogP) is 5.64. The first-order chi connectivity index (χ1) is 24.7. The van der Waals surface area contributed by atoms with E-state index in [1.807, 2.05) is 70.0 Å². The SMILES string of the molecule is C1CCCCC1.C=CCNC(=O)C(=O)C(CCC)NC(=O)[C@@H]1CCCN1C.CC(C)(C)C(C=O)NC(=O)NCC(=O)OCc1ccccc1.CCC. The van der Waals surface area contributed by atoms with Crippen molar-refractivity contribution in [2.45, 2.75) is 137 Å². The molecule has 0 aromatic heterocycles. The average Bonchev–Trinajstić information content (AvgIpc) is 3.57. The zero-order chi connectivity index (χ0) is 39.4. The van der Waals surface area contributed by atoms with Crippen molar-refractivity contribution in [3.05, 3.63) is 48.6 Å². The molecule has 2 unspecified atom stereocenters. The Morgan fingerprint density at radius 2 is 1.50 bits per heavy atom. The normalized spacial score (nSPS) is 16.2. The minimum absolute atomic E-state index is 0.155. The Morgan fingerprint density at radius 3 is 1.96 bits per heavy atom. The number of carbonyl (C=O) groups is 6. The van der Waals surface area contributed by atoms with E-state index in [0.717, 1.165) is 24.9 Å². The number of hydrogen-bond donors (Lipinski definition) is 4. The Labute approximate surface area is 312 Å². The van der Waals surface area contributed by atoms with Crippen LogP contribution in [0.25, 0.3) is 0 Å². The molecule has 3 rings (SSSR count). The minimum Gasteiger partial charge on any atom is -0.460 e. The van der Waals surface area contributed by atoms with E-state index >= 15 is 0 Å². The first kappa shape index (κ1) is 47.9. The quantitative estimate of drug-likeness (QED) is 0.0828. The summed E-state index contributed by atoms with van der Waals surface area (Å²) in [5.74, 6) is -1.98. The number of nitrogens with one attached hydrogen (secondary N) is 4. The van der Waals surface area contributed by atoms with Gasteiger partial charge in [0.05, 0.1) is 18.1 Å². The first-order valence-electron chi connectivity index (χ1n) is 18.9. The van der Waals surface area contributed by atoms with E-state index in [4.69, 9.17) is 4.74 Å². The molecule has 3 atom stereocenters. The third kappa shape index (κ3) is 22.0. The van der Waals surface area contributed by atoms with Crippen LogP contribution in [0.3, 0.4) is 0 Å². The summed E-state index contributed by atoms with van der Waals surface area (Å²) >= 11 is 0. The molecule has 0 spiro atoms. The molecule has 12 nitrogen and oxygen atoms in total. The summed E-state index contributed by atoms with van der Waals surface area (Å²) in [6.07, 6.45) is 15.4. The van der Waals surface area contributed by atoms with Gasteiger partial charge in [-0.25, -0.2) is 4.79 Å². The number of ether oxygens (including phenoxy) is 1. The fourth-order valence-electron chi connectivity index (χ4n) is 5.13. The smallest absolute Gasteiger partial charge is 0.325 e. The van der Waals surface area contributed by atoms with Gasteiger partial charge in [-0.15, -0.1) is 6.58 Å². The standard InChI is InChI=1S/C16H22N2O4.C15H25N3O3.C6H12.C3H8/c1-16(2,3)13(10-19)18-15(21)17-9-14(20)22-11-12-7-5-4-6-8-12;1-4-7-11(13(19)15(21)16-9-5-2)17-14(20)12-8-6-10-18(12)3;1-2-4-6-5-3-1;1-3-2/h4-8,10,13H,9,11H2,1-3H3,(H2,17,18,21);5,11-12H,2,4,6-10H2,1,3H3,(H,16,21)(H,17,20);1-6H2;3H2,1-2H3/t;11?,12-;;/m.0../s1. The highest BCUT2D eigenvalue weighted by Gasteiger charge is 2.32. The molecule has 1 aliphatic carbocycles. The van der Waals surface area contributed by atoms with Gasteiger partial charge >= 0.3 is 12.0 Å². The van der Waals surface area contributed by atoms with E-state index in [0.29, 0.717) is 19.1 Å². The lowest BCUT2D eigenvalue weighted by Gasteiger charge is -2.26. The van der Waals surface area contributed by atoms with Gasteiger partial charge in [-0.1, -0.05) is 129 Å². The summed E-state index contributed by atoms with van der Waals surface area (Å²) in [4.78, 5) is 72.2. The molecule has 1 aromatic rings. The molecule has 2 fully saturated rings. The van der Waals surface area contributed by atoms with Gasteiger partial charge in [-0.05, 0) is 43.8 Å². The second-order valence-corrected chi connectivity index (χ2v) is 14.1. The number of rotatable bonds is 14. The van der Waals surface area contributed by atoms with E-state index in [-0.39, 0.29) is 31.6 Å². The fourth-order valence-corrected chi connectivity index (χ4v) is 5.13. The Bertz CT molecular complexity index is 1190. The number of carbonyl (C=O) groups excluding carboxylic acids is 6. The summed E-state index contributed by atoms with van der Waals surface area (Å²) in [6.45, 7) is 16.2. The number of esters is 1. The molecule has 294 valence electrons. The molecule has 1 aromatic carbocycles. The summed E-state index contributed by atoms with van der Waals surface area (Å²) in [6, 6.07) is 7.08. The topological polar surface area (TPSA) is 163 Å². The summed E-state index contributed by atoms with van der Waals surface area (Å²) in [7, 11) is 1.89. The highest BCUT2D eigenvalue weighted by atomic mass is 16.5. The van der Waals surface area contributed by atoms with Gasteiger partial charge in [0.1, 0.15) is 19.4 Å². The zero-order valence-corrected chi connectivity index (χ0v) is 32.9. The van der Waals surface area contributed by atoms with Crippen molar-refractivity contribution >= 4 is 35.9 Å². The minimum atomic E-state index is -0.749. The molecular weight excluding hydrogens is 662 g/mol. The molecule has 2 aliphatic rings. The van der Waals surface area contributed by atoms with E-state index < -0.39 is 41.2 Å². The van der Waals surface area contributed by atoms with Crippen LogP contribution < -0.4 is 21.3 Å². The van der Waals surface area contributed by atoms with Crippen LogP contribution >= 0.6 is 0 Å². The Kier molecular flexibility index (Phi) is 26.3. The van der Waals surface area contributed by atoms with Crippen LogP contribution in [-0.4, -0.2) is 85.6 Å². The number of hydrogen-bond acceptors (Lipinski definition) is 8. The number of urea groups is 1. The van der Waals surface area contributed by atoms with E-state index in [1.54, 1.807) is 0 Å². The molecule has 1 saturated heterocycles. The number of Topliss-reactive ketones (excluding diaryl/α,β-unsaturated/α-hetero) is 1. The van der Waals surface area contributed by atoms with E-state index in [1.165, 1.54) is 51.0 Å². The van der Waals surface area contributed by atoms with Crippen LogP contribution in [0.4, 0.5) is 4.79 Å². The maximum atomic E-state index is 12.2. The predicted molar refractivity (Wildman–Crippen MR) is 206 cm³/mol. The van der Waals surface area contributed by atoms with Crippen molar-refractivity contribution in [3.63, 3.8) is 0 Å². The summed E-state index contributed by atoms with van der Waals surface area (Å²) in [5.41, 5.74) is 0.474. The van der Waals surface area contributed by atoms with Crippen molar-refractivity contribution in [2.24, 2.45) is 5.41 Å². The molecule has 52 heavy (non-hydrogen) atoms. The molecule has 1 heterocycles. The Morgan fingerprint density at radius 1 is 0.923 bits per heavy atom. The number of amides is 4. The lowest BCUT2D eigenvalue weighted by atomic mass is 9.88. The zero-order valence-electron chi connectivity index (χ0n) is 32.9. The highest BCUT2D eigenvalue weighted by molar-refractivity contribution is 6.38. The molecule has 0 radical (unpaired) electrons. The summed E-state index contributed by atoms with van der Waals surface area (Å²) in [5, 5.41) is 10.1. The van der Waals surface area contributed by atoms with Gasteiger partial charge < -0.3 is 30.8 Å². The summed E-state index contributed by atoms with van der Waals surface area (Å²) < 4.78 is 5.03. The van der Waals surface area contributed by atoms with Gasteiger partial charge in [-0.2, -0.15) is 0 Å². The average molecular weight is 730 g/mol. The molecule has 1 saturated carbocycles. The van der Waals surface area contributed by atoms with Gasteiger partial charge in [-0.3, -0.25) is 24.1 Å². The second kappa shape index (κ2) is 28.5. The number of nitrogens with zero attached hydrogens (tertiary/aromatic N) is 1. The third-order valence-electron chi connectivity index (χ3n) is 8.16. The largest absolute Gasteiger partial charge is 0.460 e. The van der Waals surface area contributed by atoms with E-state index in [9.17, 15) is 28.8 Å². The van der Waals surface area contributed by atoms with Crippen molar-refractivity contribution in [3.8, 4) is 0 Å². The molecule has 12 heteroatoms. The van der Waals surface area contributed by atoms with Gasteiger partial charge in [0.15, 0.2) is 0 Å². The number of aldehydes is 1. The van der Waals surface area contributed by atoms with Gasteiger partial charge in [0, 0.05) is 6.54 Å². The monoisotopic (exact) mass is 730 g/mol. The van der Waals surface area contributed by atoms with Crippen LogP contribution in [-0.2, 0) is 35.3 Å². The first-order valence-corrected chi connectivity index (χ1v) is 18.9. The molecule has 4 amide bonds. The van der Waals surface area contributed by atoms with Crippen LogP contribution in [0.15, 0.2) is 43.0 Å². The maximum Gasteiger partial charge on any atom is 0.325 e. The Hall–Kier alpha value is -4.06. The van der Waals surface area contributed by atoms with Crippen LogP contribution in [0.5, 0.6) is 0 Å². The third-order valence-corrected chi connectivity index (χ3v) is 8.16. The maximum absolute atomic E-state index is 12.2. The number of likely N-dealkylation sites (tertiary alicyclic amines) is 1. The van der Waals surface area contributed by atoms with Crippen LogP contribution in [0.1, 0.15) is 118 Å². The lowest BCUT2D eigenvalue weighted by Crippen LogP contribution is -2.51. The number of likely N-dealkylation sites (N-methyl/N-ethyl adjacent to an activating group) is 1. The van der Waals surface area contributed by atoms with Crippen molar-refractivity contribution in [2.75, 3.05) is 26.7 Å². The highest BCUT2D eigenvalue weighted by Crippen LogP contribution is 2.18. The fraction of sp³-hybridized carbons (Fsp3) is 0.650. The van der Waals surface area contributed by atoms with Crippen molar-refractivity contribution in [1.82, 2.24) is 26.2 Å². The molecular formula is C40H67N5O7. The second-order valence-electron chi connectivity index (χ2n) is 14.1. The molecule has 0 bridgehead atoms. The van der Waals surface area contributed by atoms with Crippen LogP contribution in [0, 0.1) is 5.41 Å². The van der Waals surface area contributed by atoms with Gasteiger partial charge in [0.2, 0.25) is 11.7 Å².